The van der Waals surface area contributed by atoms with Gasteiger partial charge in [-0.1, -0.05) is 5.16 Å². The predicted octanol–water partition coefficient (Wildman–Crippen LogP) is 2.89. The first kappa shape index (κ1) is 16.3. The zero-order chi connectivity index (χ0) is 17.2. The zero-order valence-corrected chi connectivity index (χ0v) is 14.1. The molecule has 2 aliphatic rings. The molecule has 2 N–H and O–H groups in total. The average molecular weight is 341 g/mol. The minimum absolute atomic E-state index is 0.0526. The summed E-state index contributed by atoms with van der Waals surface area (Å²) < 4.78 is 5.31. The maximum absolute atomic E-state index is 12.4. The number of nitrogens with one attached hydrogen (secondary N) is 1. The smallest absolute Gasteiger partial charge is 0.257 e. The Balaban J connectivity index is 1.36. The molecule has 0 bridgehead atoms. The molecule has 0 spiro atoms. The summed E-state index contributed by atoms with van der Waals surface area (Å²) in [6.07, 6.45) is 6.08. The van der Waals surface area contributed by atoms with E-state index < -0.39 is 0 Å². The van der Waals surface area contributed by atoms with E-state index in [2.05, 4.69) is 15.5 Å². The lowest BCUT2D eigenvalue weighted by molar-refractivity contribution is 0.0914. The van der Waals surface area contributed by atoms with Crippen LogP contribution in [0.15, 0.2) is 28.8 Å². The molecule has 4 rings (SSSR count). The number of amides is 1. The number of carbonyl (C=O) groups is 1. The fourth-order valence-corrected chi connectivity index (χ4v) is 3.38. The summed E-state index contributed by atoms with van der Waals surface area (Å²) in [5.41, 5.74) is 1.47. The Morgan fingerprint density at radius 2 is 1.84 bits per heavy atom. The number of benzene rings is 1. The summed E-state index contributed by atoms with van der Waals surface area (Å²) in [5.74, 6) is 2.10. The molecule has 2 fully saturated rings. The Morgan fingerprint density at radius 1 is 1.12 bits per heavy atom. The first-order valence-corrected chi connectivity index (χ1v) is 9.08. The van der Waals surface area contributed by atoms with E-state index >= 15 is 0 Å². The number of hydrogen-bond acceptors (Lipinski definition) is 5. The normalized spacial score (nSPS) is 23.4. The molecule has 0 atom stereocenters. The zero-order valence-electron chi connectivity index (χ0n) is 14.1. The second-order valence-corrected chi connectivity index (χ2v) is 7.18. The molecule has 6 nitrogen and oxygen atoms in total. The number of hydrogen-bond donors (Lipinski definition) is 2. The van der Waals surface area contributed by atoms with E-state index in [4.69, 9.17) is 4.52 Å². The SMILES string of the molecule is O=C(NC1CCC(CO)CC1)c1ccc(-c2nc(C3CC3)no2)cc1. The Kier molecular flexibility index (Phi) is 4.53. The molecule has 0 aliphatic heterocycles. The van der Waals surface area contributed by atoms with E-state index in [9.17, 15) is 9.90 Å². The highest BCUT2D eigenvalue weighted by atomic mass is 16.5. The van der Waals surface area contributed by atoms with Crippen molar-refractivity contribution >= 4 is 5.91 Å². The van der Waals surface area contributed by atoms with Gasteiger partial charge in [0, 0.05) is 29.7 Å². The third-order valence-electron chi connectivity index (χ3n) is 5.22. The fraction of sp³-hybridized carbons (Fsp3) is 0.526. The molecule has 132 valence electrons. The number of carbonyl (C=O) groups excluding carboxylic acids is 1. The molecular weight excluding hydrogens is 318 g/mol. The van der Waals surface area contributed by atoms with Gasteiger partial charge in [-0.3, -0.25) is 4.79 Å². The van der Waals surface area contributed by atoms with Crippen LogP contribution < -0.4 is 5.32 Å². The van der Waals surface area contributed by atoms with Gasteiger partial charge in [-0.25, -0.2) is 0 Å². The van der Waals surface area contributed by atoms with Crippen molar-refractivity contribution in [3.8, 4) is 11.5 Å². The number of aromatic nitrogens is 2. The average Bonchev–Trinajstić information content (AvgIpc) is 3.39. The van der Waals surface area contributed by atoms with E-state index in [1.54, 1.807) is 12.1 Å². The van der Waals surface area contributed by atoms with Crippen molar-refractivity contribution in [2.45, 2.75) is 50.5 Å². The molecule has 25 heavy (non-hydrogen) atoms. The molecule has 0 unspecified atom stereocenters. The van der Waals surface area contributed by atoms with Crippen LogP contribution in [-0.2, 0) is 0 Å². The summed E-state index contributed by atoms with van der Waals surface area (Å²) in [5, 5.41) is 16.3. The molecule has 2 aliphatic carbocycles. The van der Waals surface area contributed by atoms with Crippen molar-refractivity contribution in [3.63, 3.8) is 0 Å². The Morgan fingerprint density at radius 3 is 2.48 bits per heavy atom. The van der Waals surface area contributed by atoms with Gasteiger partial charge >= 0.3 is 0 Å². The summed E-state index contributed by atoms with van der Waals surface area (Å²) in [7, 11) is 0. The van der Waals surface area contributed by atoms with Gasteiger partial charge in [0.15, 0.2) is 5.82 Å². The largest absolute Gasteiger partial charge is 0.396 e. The Labute approximate surface area is 146 Å². The predicted molar refractivity (Wildman–Crippen MR) is 92.0 cm³/mol. The Hall–Kier alpha value is -2.21. The molecule has 2 saturated carbocycles. The van der Waals surface area contributed by atoms with Crippen molar-refractivity contribution in [3.05, 3.63) is 35.7 Å². The molecule has 1 heterocycles. The molecule has 1 amide bonds. The highest BCUT2D eigenvalue weighted by Crippen LogP contribution is 2.38. The summed E-state index contributed by atoms with van der Waals surface area (Å²) in [6.45, 7) is 0.250. The van der Waals surface area contributed by atoms with Crippen LogP contribution in [0.5, 0.6) is 0 Å². The van der Waals surface area contributed by atoms with Gasteiger partial charge in [-0.05, 0) is 68.7 Å². The van der Waals surface area contributed by atoms with Gasteiger partial charge in [0.1, 0.15) is 0 Å². The van der Waals surface area contributed by atoms with Gasteiger partial charge in [0.25, 0.3) is 11.8 Å². The second-order valence-electron chi connectivity index (χ2n) is 7.18. The first-order valence-electron chi connectivity index (χ1n) is 9.08. The standard InChI is InChI=1S/C19H23N3O3/c23-11-12-1-9-16(10-2-12)20-18(24)14-5-7-15(8-6-14)19-21-17(22-25-19)13-3-4-13/h5-8,12-13,16,23H,1-4,9-11H2,(H,20,24). The summed E-state index contributed by atoms with van der Waals surface area (Å²) in [6, 6.07) is 7.49. The molecule has 1 aromatic carbocycles. The molecule has 0 radical (unpaired) electrons. The maximum Gasteiger partial charge on any atom is 0.257 e. The summed E-state index contributed by atoms with van der Waals surface area (Å²) >= 11 is 0. The van der Waals surface area contributed by atoms with E-state index in [0.717, 1.165) is 49.9 Å². The fourth-order valence-electron chi connectivity index (χ4n) is 3.38. The maximum atomic E-state index is 12.4. The van der Waals surface area contributed by atoms with Gasteiger partial charge < -0.3 is 14.9 Å². The van der Waals surface area contributed by atoms with Crippen LogP contribution in [0.2, 0.25) is 0 Å². The first-order chi connectivity index (χ1) is 12.2. The van der Waals surface area contributed by atoms with E-state index in [1.165, 1.54) is 0 Å². The summed E-state index contributed by atoms with van der Waals surface area (Å²) in [4.78, 5) is 16.8. The number of aliphatic hydroxyl groups is 1. The number of nitrogens with zero attached hydrogens (tertiary/aromatic N) is 2. The number of rotatable bonds is 5. The highest BCUT2D eigenvalue weighted by molar-refractivity contribution is 5.94. The lowest BCUT2D eigenvalue weighted by atomic mass is 9.86. The van der Waals surface area contributed by atoms with Gasteiger partial charge in [0.2, 0.25) is 0 Å². The lowest BCUT2D eigenvalue weighted by Gasteiger charge is -2.27. The number of aliphatic hydroxyl groups excluding tert-OH is 1. The minimum Gasteiger partial charge on any atom is -0.396 e. The van der Waals surface area contributed by atoms with Crippen LogP contribution in [0.3, 0.4) is 0 Å². The van der Waals surface area contributed by atoms with Crippen molar-refractivity contribution in [2.75, 3.05) is 6.61 Å². The monoisotopic (exact) mass is 341 g/mol. The second kappa shape index (κ2) is 6.96. The van der Waals surface area contributed by atoms with E-state index in [0.29, 0.717) is 23.3 Å². The van der Waals surface area contributed by atoms with Crippen LogP contribution in [0, 0.1) is 5.92 Å². The van der Waals surface area contributed by atoms with E-state index in [-0.39, 0.29) is 18.6 Å². The molecule has 2 aromatic rings. The van der Waals surface area contributed by atoms with Crippen molar-refractivity contribution in [1.29, 1.82) is 0 Å². The molecular formula is C19H23N3O3. The van der Waals surface area contributed by atoms with Crippen LogP contribution in [0.1, 0.15) is 60.6 Å². The Bertz CT molecular complexity index is 729. The van der Waals surface area contributed by atoms with Crippen LogP contribution in [0.4, 0.5) is 0 Å². The van der Waals surface area contributed by atoms with Crippen LogP contribution in [0.25, 0.3) is 11.5 Å². The molecule has 0 saturated heterocycles. The van der Waals surface area contributed by atoms with Gasteiger partial charge in [-0.15, -0.1) is 0 Å². The third kappa shape index (κ3) is 3.74. The highest BCUT2D eigenvalue weighted by Gasteiger charge is 2.29. The van der Waals surface area contributed by atoms with Gasteiger partial charge in [-0.2, -0.15) is 4.98 Å². The van der Waals surface area contributed by atoms with Crippen LogP contribution in [-0.4, -0.2) is 33.8 Å². The van der Waals surface area contributed by atoms with Crippen LogP contribution >= 0.6 is 0 Å². The quantitative estimate of drug-likeness (QED) is 0.873. The molecule has 1 aromatic heterocycles. The third-order valence-corrected chi connectivity index (χ3v) is 5.22. The minimum atomic E-state index is -0.0526. The van der Waals surface area contributed by atoms with Crippen molar-refractivity contribution in [2.24, 2.45) is 5.92 Å². The van der Waals surface area contributed by atoms with Crippen molar-refractivity contribution < 1.29 is 14.4 Å². The lowest BCUT2D eigenvalue weighted by Crippen LogP contribution is -2.38. The topological polar surface area (TPSA) is 88.2 Å². The van der Waals surface area contributed by atoms with Crippen molar-refractivity contribution in [1.82, 2.24) is 15.5 Å². The van der Waals surface area contributed by atoms with Gasteiger partial charge in [0.05, 0.1) is 0 Å². The van der Waals surface area contributed by atoms with E-state index in [1.807, 2.05) is 12.1 Å². The molecule has 6 heteroatoms.